The summed E-state index contributed by atoms with van der Waals surface area (Å²) in [6, 6.07) is 10.2. The van der Waals surface area contributed by atoms with Gasteiger partial charge in [0, 0.05) is 26.7 Å². The van der Waals surface area contributed by atoms with Gasteiger partial charge >= 0.3 is 11.8 Å². The van der Waals surface area contributed by atoms with E-state index in [9.17, 15) is 14.4 Å². The van der Waals surface area contributed by atoms with Crippen LogP contribution in [-0.4, -0.2) is 56.9 Å². The fourth-order valence-corrected chi connectivity index (χ4v) is 3.71. The molecule has 1 aromatic carbocycles. The van der Waals surface area contributed by atoms with Crippen LogP contribution < -0.4 is 5.32 Å². The minimum Gasteiger partial charge on any atom is -0.348 e. The second kappa shape index (κ2) is 9.56. The maximum absolute atomic E-state index is 13.2. The van der Waals surface area contributed by atoms with Crippen molar-refractivity contribution in [3.05, 3.63) is 53.3 Å². The van der Waals surface area contributed by atoms with E-state index in [2.05, 4.69) is 10.4 Å². The molecule has 0 aliphatic carbocycles. The van der Waals surface area contributed by atoms with Crippen LogP contribution in [0, 0.1) is 6.92 Å². The lowest BCUT2D eigenvalue weighted by molar-refractivity contribution is -0.159. The molecule has 1 aliphatic heterocycles. The van der Waals surface area contributed by atoms with Gasteiger partial charge in [-0.3, -0.25) is 19.1 Å². The van der Waals surface area contributed by atoms with Gasteiger partial charge in [0.25, 0.3) is 0 Å². The van der Waals surface area contributed by atoms with Gasteiger partial charge in [-0.05, 0) is 25.0 Å². The van der Waals surface area contributed by atoms with Gasteiger partial charge in [-0.25, -0.2) is 0 Å². The van der Waals surface area contributed by atoms with Gasteiger partial charge in [0.1, 0.15) is 6.04 Å². The summed E-state index contributed by atoms with van der Waals surface area (Å²) in [7, 11) is 1.82. The number of unbranched alkanes of at least 4 members (excludes halogenated alkanes) is 1. The molecule has 1 saturated heterocycles. The number of carbonyl (C=O) groups is 3. The number of benzene rings is 1. The van der Waals surface area contributed by atoms with Gasteiger partial charge in [0.15, 0.2) is 0 Å². The largest absolute Gasteiger partial charge is 0.348 e. The molecule has 2 aromatic rings. The Balaban J connectivity index is 1.79. The first kappa shape index (κ1) is 21.5. The Morgan fingerprint density at radius 3 is 2.53 bits per heavy atom. The third kappa shape index (κ3) is 4.69. The summed E-state index contributed by atoms with van der Waals surface area (Å²) >= 11 is 0. The molecule has 1 atom stereocenters. The summed E-state index contributed by atoms with van der Waals surface area (Å²) in [6.07, 6.45) is 1.80. The highest BCUT2D eigenvalue weighted by atomic mass is 16.2. The average molecular weight is 412 g/mol. The molecular formula is C22H29N5O3. The number of aryl methyl sites for hydroxylation is 2. The fourth-order valence-electron chi connectivity index (χ4n) is 3.71. The van der Waals surface area contributed by atoms with E-state index < -0.39 is 17.9 Å². The summed E-state index contributed by atoms with van der Waals surface area (Å²) in [6.45, 7) is 5.55. The molecule has 160 valence electrons. The van der Waals surface area contributed by atoms with Crippen molar-refractivity contribution < 1.29 is 14.4 Å². The van der Waals surface area contributed by atoms with E-state index in [0.717, 1.165) is 24.2 Å². The zero-order valence-electron chi connectivity index (χ0n) is 17.8. The van der Waals surface area contributed by atoms with Gasteiger partial charge in [0.2, 0.25) is 5.91 Å². The monoisotopic (exact) mass is 411 g/mol. The van der Waals surface area contributed by atoms with Gasteiger partial charge in [-0.2, -0.15) is 5.10 Å². The van der Waals surface area contributed by atoms with Crippen LogP contribution in [0.15, 0.2) is 36.4 Å². The van der Waals surface area contributed by atoms with Crippen molar-refractivity contribution >= 4 is 17.7 Å². The van der Waals surface area contributed by atoms with Crippen molar-refractivity contribution in [3.63, 3.8) is 0 Å². The molecule has 8 heteroatoms. The Morgan fingerprint density at radius 1 is 1.17 bits per heavy atom. The Bertz CT molecular complexity index is 909. The first-order valence-electron chi connectivity index (χ1n) is 10.3. The number of hydrogen-bond donors (Lipinski definition) is 1. The van der Waals surface area contributed by atoms with Gasteiger partial charge < -0.3 is 15.1 Å². The quantitative estimate of drug-likeness (QED) is 0.668. The normalized spacial score (nSPS) is 15.4. The average Bonchev–Trinajstić information content (AvgIpc) is 3.07. The molecule has 30 heavy (non-hydrogen) atoms. The van der Waals surface area contributed by atoms with Crippen LogP contribution in [0.4, 0.5) is 0 Å². The van der Waals surface area contributed by atoms with Crippen LogP contribution in [0.5, 0.6) is 0 Å². The van der Waals surface area contributed by atoms with Crippen LogP contribution >= 0.6 is 0 Å². The lowest BCUT2D eigenvalue weighted by Crippen LogP contribution is -2.57. The molecule has 0 saturated carbocycles. The van der Waals surface area contributed by atoms with Crippen LogP contribution in [0.25, 0.3) is 0 Å². The van der Waals surface area contributed by atoms with Crippen molar-refractivity contribution in [1.29, 1.82) is 0 Å². The molecule has 1 aliphatic rings. The minimum atomic E-state index is -0.856. The number of aromatic nitrogens is 2. The highest BCUT2D eigenvalue weighted by Gasteiger charge is 2.39. The molecule has 8 nitrogen and oxygen atoms in total. The summed E-state index contributed by atoms with van der Waals surface area (Å²) < 4.78 is 1.72. The number of carbonyl (C=O) groups excluding carboxylic acids is 3. The van der Waals surface area contributed by atoms with Crippen molar-refractivity contribution in [2.24, 2.45) is 7.05 Å². The lowest BCUT2D eigenvalue weighted by atomic mass is 10.0. The van der Waals surface area contributed by atoms with Gasteiger partial charge in [0.05, 0.1) is 17.9 Å². The number of nitrogens with one attached hydrogen (secondary N) is 1. The Kier molecular flexibility index (Phi) is 6.87. The molecule has 0 unspecified atom stereocenters. The summed E-state index contributed by atoms with van der Waals surface area (Å²) in [5, 5.41) is 7.20. The second-order valence-electron chi connectivity index (χ2n) is 7.58. The number of rotatable bonds is 8. The molecule has 0 radical (unpaired) electrons. The smallest absolute Gasteiger partial charge is 0.313 e. The van der Waals surface area contributed by atoms with E-state index in [-0.39, 0.29) is 12.5 Å². The molecule has 1 N–H and O–H groups in total. The zero-order valence-corrected chi connectivity index (χ0v) is 17.8. The molecule has 0 bridgehead atoms. The van der Waals surface area contributed by atoms with E-state index >= 15 is 0 Å². The first-order valence-corrected chi connectivity index (χ1v) is 10.3. The van der Waals surface area contributed by atoms with Crippen molar-refractivity contribution in [2.45, 2.75) is 39.3 Å². The topological polar surface area (TPSA) is 87.5 Å². The SMILES string of the molecule is CCCCN1CCN([C@H](C(=O)NCc2cc(C)nn2C)c2ccccc2)C(=O)C1=O. The number of nitrogens with zero attached hydrogens (tertiary/aromatic N) is 4. The zero-order chi connectivity index (χ0) is 21.7. The molecule has 1 aromatic heterocycles. The molecule has 0 spiro atoms. The molecular weight excluding hydrogens is 382 g/mol. The van der Waals surface area contributed by atoms with Crippen LogP contribution in [0.2, 0.25) is 0 Å². The van der Waals surface area contributed by atoms with Gasteiger partial charge in [-0.15, -0.1) is 0 Å². The molecule has 2 heterocycles. The van der Waals surface area contributed by atoms with E-state index in [1.807, 2.05) is 45.2 Å². The fraction of sp³-hybridized carbons (Fsp3) is 0.455. The number of piperazine rings is 1. The predicted molar refractivity (Wildman–Crippen MR) is 112 cm³/mol. The molecule has 3 rings (SSSR count). The predicted octanol–water partition coefficient (Wildman–Crippen LogP) is 1.56. The Labute approximate surface area is 176 Å². The van der Waals surface area contributed by atoms with E-state index in [1.54, 1.807) is 21.7 Å². The Morgan fingerprint density at radius 2 is 1.90 bits per heavy atom. The van der Waals surface area contributed by atoms with E-state index in [0.29, 0.717) is 25.2 Å². The van der Waals surface area contributed by atoms with Crippen LogP contribution in [0.3, 0.4) is 0 Å². The highest BCUT2D eigenvalue weighted by Crippen LogP contribution is 2.24. The van der Waals surface area contributed by atoms with Crippen LogP contribution in [0.1, 0.15) is 42.8 Å². The molecule has 1 fully saturated rings. The third-order valence-corrected chi connectivity index (χ3v) is 5.34. The van der Waals surface area contributed by atoms with Crippen molar-refractivity contribution in [2.75, 3.05) is 19.6 Å². The number of amides is 3. The summed E-state index contributed by atoms with van der Waals surface area (Å²) in [5.74, 6) is -1.48. The maximum atomic E-state index is 13.2. The third-order valence-electron chi connectivity index (χ3n) is 5.34. The van der Waals surface area contributed by atoms with Crippen LogP contribution in [-0.2, 0) is 28.0 Å². The summed E-state index contributed by atoms with van der Waals surface area (Å²) in [4.78, 5) is 41.7. The minimum absolute atomic E-state index is 0.290. The maximum Gasteiger partial charge on any atom is 0.313 e. The van der Waals surface area contributed by atoms with E-state index in [4.69, 9.17) is 0 Å². The van der Waals surface area contributed by atoms with Crippen molar-refractivity contribution in [1.82, 2.24) is 24.9 Å². The van der Waals surface area contributed by atoms with Gasteiger partial charge in [-0.1, -0.05) is 43.7 Å². The standard InChI is InChI=1S/C22H29N5O3/c1-4-5-11-26-12-13-27(22(30)21(26)29)19(17-9-7-6-8-10-17)20(28)23-15-18-14-16(2)24-25(18)3/h6-10,14,19H,4-5,11-13,15H2,1-3H3,(H,23,28)/t19-/m0/s1. The Hall–Kier alpha value is -3.16. The van der Waals surface area contributed by atoms with Crippen molar-refractivity contribution in [3.8, 4) is 0 Å². The molecule has 3 amide bonds. The lowest BCUT2D eigenvalue weighted by Gasteiger charge is -2.38. The first-order chi connectivity index (χ1) is 14.4. The summed E-state index contributed by atoms with van der Waals surface area (Å²) in [5.41, 5.74) is 2.41. The number of hydrogen-bond acceptors (Lipinski definition) is 4. The second-order valence-corrected chi connectivity index (χ2v) is 7.58. The highest BCUT2D eigenvalue weighted by molar-refractivity contribution is 6.35. The van der Waals surface area contributed by atoms with E-state index in [1.165, 1.54) is 4.90 Å².